The Morgan fingerprint density at radius 2 is 1.66 bits per heavy atom. The van der Waals surface area contributed by atoms with E-state index < -0.39 is 17.6 Å². The van der Waals surface area contributed by atoms with Crippen LogP contribution in [0.2, 0.25) is 0 Å². The standard InChI is InChI=1S/C21H16F4N2O2/c1-28-27-20(17-8-4-5-9-18(17)22)16-7-3-2-6-14(16)13-29-19-11-10-15(12-26-19)21(23,24)25/h2-12H,13H2,1H3. The molecule has 0 radical (unpaired) electrons. The molecule has 0 fully saturated rings. The van der Waals surface area contributed by atoms with Gasteiger partial charge in [0.25, 0.3) is 0 Å². The van der Waals surface area contributed by atoms with E-state index in [0.717, 1.165) is 12.1 Å². The highest BCUT2D eigenvalue weighted by molar-refractivity contribution is 6.13. The van der Waals surface area contributed by atoms with Crippen LogP contribution >= 0.6 is 0 Å². The van der Waals surface area contributed by atoms with Crippen LogP contribution in [0.25, 0.3) is 0 Å². The van der Waals surface area contributed by atoms with E-state index >= 15 is 0 Å². The monoisotopic (exact) mass is 404 g/mol. The molecule has 0 unspecified atom stereocenters. The molecule has 0 aliphatic heterocycles. The third-order valence-corrected chi connectivity index (χ3v) is 4.02. The summed E-state index contributed by atoms with van der Waals surface area (Å²) in [6, 6.07) is 15.1. The van der Waals surface area contributed by atoms with Crippen LogP contribution in [0.5, 0.6) is 5.88 Å². The number of rotatable bonds is 6. The maximum absolute atomic E-state index is 14.3. The molecule has 0 N–H and O–H groups in total. The Morgan fingerprint density at radius 1 is 0.966 bits per heavy atom. The first-order valence-electron chi connectivity index (χ1n) is 8.50. The fourth-order valence-electron chi connectivity index (χ4n) is 2.65. The number of alkyl halides is 3. The Hall–Kier alpha value is -3.42. The highest BCUT2D eigenvalue weighted by Crippen LogP contribution is 2.29. The van der Waals surface area contributed by atoms with Crippen molar-refractivity contribution in [3.8, 4) is 5.88 Å². The van der Waals surface area contributed by atoms with E-state index in [4.69, 9.17) is 9.57 Å². The van der Waals surface area contributed by atoms with Gasteiger partial charge in [0.2, 0.25) is 5.88 Å². The minimum atomic E-state index is -4.47. The van der Waals surface area contributed by atoms with Crippen molar-refractivity contribution in [1.29, 1.82) is 0 Å². The molecule has 1 heterocycles. The molecule has 0 bridgehead atoms. The van der Waals surface area contributed by atoms with Gasteiger partial charge in [-0.15, -0.1) is 0 Å². The molecule has 8 heteroatoms. The molecule has 0 amide bonds. The van der Waals surface area contributed by atoms with Crippen molar-refractivity contribution >= 4 is 5.71 Å². The van der Waals surface area contributed by atoms with Crippen LogP contribution in [-0.2, 0) is 17.6 Å². The Labute approximate surface area is 164 Å². The van der Waals surface area contributed by atoms with E-state index in [-0.39, 0.29) is 23.8 Å². The van der Waals surface area contributed by atoms with Gasteiger partial charge in [0.15, 0.2) is 0 Å². The van der Waals surface area contributed by atoms with Gasteiger partial charge in [0.1, 0.15) is 25.2 Å². The van der Waals surface area contributed by atoms with Crippen molar-refractivity contribution in [3.05, 3.63) is 94.9 Å². The lowest BCUT2D eigenvalue weighted by Gasteiger charge is -2.13. The number of nitrogens with zero attached hydrogens (tertiary/aromatic N) is 2. The number of oxime groups is 1. The molecular weight excluding hydrogens is 388 g/mol. The first kappa shape index (κ1) is 20.3. The maximum Gasteiger partial charge on any atom is 0.417 e. The quantitative estimate of drug-likeness (QED) is 0.322. The predicted octanol–water partition coefficient (Wildman–Crippen LogP) is 5.22. The molecule has 0 spiro atoms. The van der Waals surface area contributed by atoms with Gasteiger partial charge < -0.3 is 9.57 Å². The Kier molecular flexibility index (Phi) is 6.11. The van der Waals surface area contributed by atoms with Gasteiger partial charge in [-0.2, -0.15) is 13.2 Å². The second kappa shape index (κ2) is 8.72. The molecule has 0 saturated carbocycles. The summed E-state index contributed by atoms with van der Waals surface area (Å²) in [5.74, 6) is -0.438. The average molecular weight is 404 g/mol. The smallest absolute Gasteiger partial charge is 0.417 e. The summed E-state index contributed by atoms with van der Waals surface area (Å²) in [6.07, 6.45) is -3.76. The highest BCUT2D eigenvalue weighted by atomic mass is 19.4. The predicted molar refractivity (Wildman–Crippen MR) is 99.1 cm³/mol. The number of hydrogen-bond donors (Lipinski definition) is 0. The zero-order valence-electron chi connectivity index (χ0n) is 15.3. The van der Waals surface area contributed by atoms with Crippen molar-refractivity contribution in [2.24, 2.45) is 5.16 Å². The molecule has 0 saturated heterocycles. The first-order valence-corrected chi connectivity index (χ1v) is 8.50. The Bertz CT molecular complexity index is 1000. The number of ether oxygens (including phenoxy) is 1. The van der Waals surface area contributed by atoms with Crippen LogP contribution in [0, 0.1) is 5.82 Å². The minimum absolute atomic E-state index is 0.00821. The van der Waals surface area contributed by atoms with Crippen molar-refractivity contribution < 1.29 is 27.1 Å². The summed E-state index contributed by atoms with van der Waals surface area (Å²) >= 11 is 0. The summed E-state index contributed by atoms with van der Waals surface area (Å²) in [5, 5.41) is 3.96. The number of halogens is 4. The molecule has 1 aromatic heterocycles. The van der Waals surface area contributed by atoms with E-state index in [1.165, 1.54) is 13.2 Å². The van der Waals surface area contributed by atoms with Gasteiger partial charge >= 0.3 is 6.18 Å². The van der Waals surface area contributed by atoms with E-state index in [2.05, 4.69) is 10.1 Å². The average Bonchev–Trinajstić information content (AvgIpc) is 2.71. The second-order valence-electron chi connectivity index (χ2n) is 5.93. The van der Waals surface area contributed by atoms with Crippen molar-refractivity contribution in [2.75, 3.05) is 7.11 Å². The van der Waals surface area contributed by atoms with Crippen LogP contribution in [0.1, 0.15) is 22.3 Å². The molecule has 150 valence electrons. The van der Waals surface area contributed by atoms with E-state index in [0.29, 0.717) is 17.3 Å². The molecule has 4 nitrogen and oxygen atoms in total. The van der Waals surface area contributed by atoms with Gasteiger partial charge in [-0.3, -0.25) is 0 Å². The van der Waals surface area contributed by atoms with Crippen LogP contribution in [0.15, 0.2) is 72.0 Å². The van der Waals surface area contributed by atoms with Gasteiger partial charge in [-0.25, -0.2) is 9.37 Å². The lowest BCUT2D eigenvalue weighted by atomic mass is 9.97. The van der Waals surface area contributed by atoms with Crippen LogP contribution < -0.4 is 4.74 Å². The number of pyridine rings is 1. The summed E-state index contributed by atoms with van der Waals surface area (Å²) in [7, 11) is 1.35. The Balaban J connectivity index is 1.87. The highest BCUT2D eigenvalue weighted by Gasteiger charge is 2.30. The van der Waals surface area contributed by atoms with Crippen LogP contribution in [0.3, 0.4) is 0 Å². The summed E-state index contributed by atoms with van der Waals surface area (Å²) in [5.41, 5.74) is 0.846. The van der Waals surface area contributed by atoms with E-state index in [1.807, 2.05) is 0 Å². The summed E-state index contributed by atoms with van der Waals surface area (Å²) in [6.45, 7) is -0.00821. The van der Waals surface area contributed by atoms with Crippen LogP contribution in [-0.4, -0.2) is 17.8 Å². The van der Waals surface area contributed by atoms with Gasteiger partial charge in [0.05, 0.1) is 5.56 Å². The largest absolute Gasteiger partial charge is 0.473 e. The summed E-state index contributed by atoms with van der Waals surface area (Å²) in [4.78, 5) is 8.58. The summed E-state index contributed by atoms with van der Waals surface area (Å²) < 4.78 is 57.7. The van der Waals surface area contributed by atoms with Crippen molar-refractivity contribution in [3.63, 3.8) is 0 Å². The van der Waals surface area contributed by atoms with Gasteiger partial charge in [-0.05, 0) is 23.8 Å². The molecule has 0 aliphatic carbocycles. The fraction of sp³-hybridized carbons (Fsp3) is 0.143. The fourth-order valence-corrected chi connectivity index (χ4v) is 2.65. The Morgan fingerprint density at radius 3 is 2.28 bits per heavy atom. The number of benzene rings is 2. The molecule has 0 aliphatic rings. The van der Waals surface area contributed by atoms with Gasteiger partial charge in [-0.1, -0.05) is 41.6 Å². The lowest BCUT2D eigenvalue weighted by molar-refractivity contribution is -0.137. The number of aromatic nitrogens is 1. The lowest BCUT2D eigenvalue weighted by Crippen LogP contribution is -2.11. The van der Waals surface area contributed by atoms with E-state index in [9.17, 15) is 17.6 Å². The second-order valence-corrected chi connectivity index (χ2v) is 5.93. The topological polar surface area (TPSA) is 43.7 Å². The van der Waals surface area contributed by atoms with Crippen LogP contribution in [0.4, 0.5) is 17.6 Å². The molecule has 0 atom stereocenters. The molecule has 29 heavy (non-hydrogen) atoms. The minimum Gasteiger partial charge on any atom is -0.473 e. The zero-order valence-corrected chi connectivity index (χ0v) is 15.3. The molecule has 3 aromatic rings. The third-order valence-electron chi connectivity index (χ3n) is 4.02. The first-order chi connectivity index (χ1) is 13.9. The SMILES string of the molecule is CON=C(c1ccccc1F)c1ccccc1COc1ccc(C(F)(F)F)cn1. The number of hydrogen-bond acceptors (Lipinski definition) is 4. The third kappa shape index (κ3) is 4.90. The normalized spacial score (nSPS) is 12.0. The van der Waals surface area contributed by atoms with Gasteiger partial charge in [0, 0.05) is 23.4 Å². The molecule has 3 rings (SSSR count). The van der Waals surface area contributed by atoms with Crippen molar-refractivity contribution in [1.82, 2.24) is 4.98 Å². The molecular formula is C21H16F4N2O2. The molecule has 2 aromatic carbocycles. The zero-order chi connectivity index (χ0) is 20.9. The van der Waals surface area contributed by atoms with E-state index in [1.54, 1.807) is 42.5 Å². The van der Waals surface area contributed by atoms with Crippen molar-refractivity contribution in [2.45, 2.75) is 12.8 Å². The maximum atomic E-state index is 14.3.